The van der Waals surface area contributed by atoms with Crippen LogP contribution in [0.5, 0.6) is 0 Å². The van der Waals surface area contributed by atoms with E-state index >= 15 is 0 Å². The van der Waals surface area contributed by atoms with E-state index in [4.69, 9.17) is 4.98 Å². The summed E-state index contributed by atoms with van der Waals surface area (Å²) in [4.78, 5) is 4.83. The van der Waals surface area contributed by atoms with E-state index in [0.29, 0.717) is 0 Å². The predicted octanol–water partition coefficient (Wildman–Crippen LogP) is 5.52. The fourth-order valence-corrected chi connectivity index (χ4v) is 5.57. The number of aromatic nitrogens is 1. The molecular formula is C22H30IrNSi-. The Morgan fingerprint density at radius 3 is 2.52 bits per heavy atom. The van der Waals surface area contributed by atoms with Gasteiger partial charge in [0.1, 0.15) is 0 Å². The van der Waals surface area contributed by atoms with Crippen LogP contribution in [0.2, 0.25) is 19.6 Å². The van der Waals surface area contributed by atoms with Crippen molar-refractivity contribution in [1.82, 2.24) is 4.98 Å². The second-order valence-corrected chi connectivity index (χ2v) is 13.5. The molecule has 1 aliphatic rings. The standard InChI is InChI=1S/C22H30NSi.Ir/c1-17-10-8-9-13-20(17)21-15-19(14-18-11-6-5-7-12-18)22(16-23-21)24(2,3)4;/h8-10,15-16,18H,5-7,11-12,14H2,1-4H3;/q-1;. The van der Waals surface area contributed by atoms with Crippen molar-refractivity contribution >= 4 is 13.3 Å². The largest absolute Gasteiger partial charge is 0.305 e. The molecule has 1 nitrogen and oxygen atoms in total. The van der Waals surface area contributed by atoms with Crippen LogP contribution < -0.4 is 5.19 Å². The number of nitrogens with zero attached hydrogens (tertiary/aromatic N) is 1. The third-order valence-electron chi connectivity index (χ3n) is 5.35. The number of aryl methyl sites for hydroxylation is 1. The van der Waals surface area contributed by atoms with Gasteiger partial charge in [0, 0.05) is 26.3 Å². The molecule has 3 heteroatoms. The van der Waals surface area contributed by atoms with Gasteiger partial charge in [-0.15, -0.1) is 35.4 Å². The zero-order valence-electron chi connectivity index (χ0n) is 16.0. The van der Waals surface area contributed by atoms with Crippen molar-refractivity contribution in [3.8, 4) is 11.3 Å². The zero-order valence-corrected chi connectivity index (χ0v) is 19.4. The Morgan fingerprint density at radius 1 is 1.16 bits per heavy atom. The molecule has 0 spiro atoms. The summed E-state index contributed by atoms with van der Waals surface area (Å²) < 4.78 is 0. The van der Waals surface area contributed by atoms with Crippen LogP contribution >= 0.6 is 0 Å². The molecule has 137 valence electrons. The Kier molecular flexibility index (Phi) is 7.19. The minimum Gasteiger partial charge on any atom is -0.305 e. The second kappa shape index (κ2) is 8.75. The first-order valence-electron chi connectivity index (χ1n) is 9.42. The van der Waals surface area contributed by atoms with Crippen LogP contribution in [-0.4, -0.2) is 13.1 Å². The molecule has 1 fully saturated rings. The van der Waals surface area contributed by atoms with Gasteiger partial charge in [-0.1, -0.05) is 70.3 Å². The fraction of sp³-hybridized carbons (Fsp3) is 0.500. The first kappa shape index (κ1) is 20.5. The van der Waals surface area contributed by atoms with E-state index in [2.05, 4.69) is 57.0 Å². The molecule has 0 saturated heterocycles. The Morgan fingerprint density at radius 2 is 1.88 bits per heavy atom. The topological polar surface area (TPSA) is 12.9 Å². The van der Waals surface area contributed by atoms with E-state index in [9.17, 15) is 0 Å². The van der Waals surface area contributed by atoms with Crippen LogP contribution in [0.3, 0.4) is 0 Å². The van der Waals surface area contributed by atoms with E-state index in [-0.39, 0.29) is 20.1 Å². The molecule has 1 aliphatic carbocycles. The summed E-state index contributed by atoms with van der Waals surface area (Å²) in [6.07, 6.45) is 10.5. The number of hydrogen-bond donors (Lipinski definition) is 0. The third kappa shape index (κ3) is 5.12. The van der Waals surface area contributed by atoms with Gasteiger partial charge in [-0.25, -0.2) is 0 Å². The normalized spacial score (nSPS) is 15.7. The summed E-state index contributed by atoms with van der Waals surface area (Å²) in [5.74, 6) is 0.866. The predicted molar refractivity (Wildman–Crippen MR) is 107 cm³/mol. The van der Waals surface area contributed by atoms with Gasteiger partial charge in [0.2, 0.25) is 0 Å². The minimum absolute atomic E-state index is 0. The van der Waals surface area contributed by atoms with Gasteiger partial charge in [-0.2, -0.15) is 0 Å². The Hall–Kier alpha value is -0.764. The molecule has 0 aliphatic heterocycles. The van der Waals surface area contributed by atoms with Crippen LogP contribution in [0.4, 0.5) is 0 Å². The zero-order chi connectivity index (χ0) is 17.2. The van der Waals surface area contributed by atoms with Gasteiger partial charge in [-0.3, -0.25) is 0 Å². The Balaban J connectivity index is 0.00000225. The summed E-state index contributed by atoms with van der Waals surface area (Å²) in [6, 6.07) is 12.0. The maximum absolute atomic E-state index is 4.83. The Bertz CT molecular complexity index is 699. The molecule has 0 amide bonds. The van der Waals surface area contributed by atoms with Gasteiger partial charge in [-0.05, 0) is 23.2 Å². The van der Waals surface area contributed by atoms with Crippen LogP contribution in [0.1, 0.15) is 43.2 Å². The SMILES string of the molecule is Cc1ccc[c-]c1-c1cc(CC2CCCCC2)c([Si](C)(C)C)cn1.[Ir]. The summed E-state index contributed by atoms with van der Waals surface area (Å²) in [5.41, 5.74) is 5.07. The third-order valence-corrected chi connectivity index (χ3v) is 7.42. The maximum Gasteiger partial charge on any atom is 0.0798 e. The minimum atomic E-state index is -1.37. The van der Waals surface area contributed by atoms with Crippen LogP contribution in [0, 0.1) is 18.9 Å². The van der Waals surface area contributed by atoms with Crippen LogP contribution in [0.25, 0.3) is 11.3 Å². The first-order valence-corrected chi connectivity index (χ1v) is 12.9. The van der Waals surface area contributed by atoms with Crippen molar-refractivity contribution < 1.29 is 20.1 Å². The monoisotopic (exact) mass is 529 g/mol. The molecule has 0 atom stereocenters. The maximum atomic E-state index is 4.83. The molecule has 1 heterocycles. The molecule has 1 saturated carbocycles. The number of rotatable bonds is 4. The summed E-state index contributed by atoms with van der Waals surface area (Å²) >= 11 is 0. The van der Waals surface area contributed by atoms with Gasteiger partial charge in [0.25, 0.3) is 0 Å². The molecule has 2 aromatic rings. The quantitative estimate of drug-likeness (QED) is 0.376. The van der Waals surface area contributed by atoms with Crippen molar-refractivity contribution in [2.45, 2.75) is 65.1 Å². The van der Waals surface area contributed by atoms with Gasteiger partial charge in [0.15, 0.2) is 0 Å². The summed E-state index contributed by atoms with van der Waals surface area (Å²) in [6.45, 7) is 9.47. The van der Waals surface area contributed by atoms with E-state index in [0.717, 1.165) is 17.2 Å². The number of hydrogen-bond acceptors (Lipinski definition) is 1. The van der Waals surface area contributed by atoms with Crippen LogP contribution in [0.15, 0.2) is 30.5 Å². The van der Waals surface area contributed by atoms with Gasteiger partial charge >= 0.3 is 0 Å². The van der Waals surface area contributed by atoms with Crippen molar-refractivity contribution in [1.29, 1.82) is 0 Å². The number of benzene rings is 1. The number of pyridine rings is 1. The molecule has 3 rings (SSSR count). The molecule has 0 unspecified atom stereocenters. The second-order valence-electron chi connectivity index (χ2n) is 8.41. The average molecular weight is 529 g/mol. The average Bonchev–Trinajstić information content (AvgIpc) is 2.55. The summed E-state index contributed by atoms with van der Waals surface area (Å²) in [5, 5.41) is 1.55. The van der Waals surface area contributed by atoms with Crippen molar-refractivity contribution in [3.63, 3.8) is 0 Å². The van der Waals surface area contributed by atoms with E-state index < -0.39 is 8.07 Å². The molecule has 0 N–H and O–H groups in total. The smallest absolute Gasteiger partial charge is 0.0798 e. The summed E-state index contributed by atoms with van der Waals surface area (Å²) in [7, 11) is -1.37. The van der Waals surface area contributed by atoms with Crippen molar-refractivity contribution in [2.75, 3.05) is 0 Å². The molecule has 25 heavy (non-hydrogen) atoms. The van der Waals surface area contributed by atoms with Crippen molar-refractivity contribution in [2.24, 2.45) is 5.92 Å². The molecule has 1 aromatic heterocycles. The van der Waals surface area contributed by atoms with E-state index in [1.54, 1.807) is 10.8 Å². The van der Waals surface area contributed by atoms with Gasteiger partial charge in [0.05, 0.1) is 8.07 Å². The molecule has 0 bridgehead atoms. The van der Waals surface area contributed by atoms with E-state index in [1.807, 2.05) is 6.07 Å². The molecule has 1 aromatic carbocycles. The first-order chi connectivity index (χ1) is 11.4. The molecular weight excluding hydrogens is 499 g/mol. The van der Waals surface area contributed by atoms with Crippen molar-refractivity contribution in [3.05, 3.63) is 47.7 Å². The van der Waals surface area contributed by atoms with E-state index in [1.165, 1.54) is 44.1 Å². The Labute approximate surface area is 168 Å². The molecule has 1 radical (unpaired) electrons. The fourth-order valence-electron chi connectivity index (χ4n) is 3.98. The van der Waals surface area contributed by atoms with Crippen LogP contribution in [-0.2, 0) is 26.5 Å². The van der Waals surface area contributed by atoms with Gasteiger partial charge < -0.3 is 4.98 Å².